The Morgan fingerprint density at radius 1 is 0.258 bits per heavy atom. The lowest BCUT2D eigenvalue weighted by molar-refractivity contribution is -0.112. The number of unbranched alkanes of at least 4 members (excludes halogenated alkanes) is 17. The summed E-state index contributed by atoms with van der Waals surface area (Å²) in [7, 11) is 13.1. The van der Waals surface area contributed by atoms with Gasteiger partial charge in [-0.1, -0.05) is 276 Å². The molecule has 0 saturated heterocycles. The Bertz CT molecular complexity index is 4660. The number of methoxy groups -OCH3 is 8. The van der Waals surface area contributed by atoms with Crippen molar-refractivity contribution in [1.82, 2.24) is 0 Å². The number of allylic oxidation sites excluding steroid dienone is 1. The molecule has 0 aliphatic heterocycles. The summed E-state index contributed by atoms with van der Waals surface area (Å²) in [5.41, 5.74) is 9.34. The maximum absolute atomic E-state index is 11.2. The van der Waals surface area contributed by atoms with Crippen LogP contribution in [0, 0.1) is 6.92 Å². The number of carbonyl (C=O) groups is 10. The van der Waals surface area contributed by atoms with Crippen LogP contribution in [0.2, 0.25) is 0 Å². The van der Waals surface area contributed by atoms with E-state index in [1.54, 1.807) is 181 Å². The van der Waals surface area contributed by atoms with Gasteiger partial charge >= 0.3 is 0 Å². The van der Waals surface area contributed by atoms with Gasteiger partial charge in [0, 0.05) is 44.5 Å². The maximum Gasteiger partial charge on any atom is 0.160 e. The third-order valence-corrected chi connectivity index (χ3v) is 19.8. The fraction of sp³-hybridized carbons (Fsp3) is 0.363. The number of rotatable bonds is 39. The number of carbonyl (C=O) groups excluding carboxylic acids is 10. The molecular weight excluding hydrogens is 1660 g/mol. The van der Waals surface area contributed by atoms with E-state index in [1.807, 2.05) is 159 Å². The van der Waals surface area contributed by atoms with Crippen LogP contribution in [0.25, 0.3) is 17.2 Å². The van der Waals surface area contributed by atoms with Crippen LogP contribution in [0.5, 0.6) is 51.7 Å². The van der Waals surface area contributed by atoms with Crippen LogP contribution in [0.4, 0.5) is 0 Å². The summed E-state index contributed by atoms with van der Waals surface area (Å²) in [5.74, 6) is 7.68. The van der Waals surface area contributed by atoms with Gasteiger partial charge in [0.15, 0.2) is 63.5 Å². The molecule has 19 heteroatoms. The highest BCUT2D eigenvalue weighted by Crippen LogP contribution is 2.27. The maximum atomic E-state index is 11.2. The van der Waals surface area contributed by atoms with Gasteiger partial charge in [-0.25, -0.2) is 0 Å². The van der Waals surface area contributed by atoms with Crippen LogP contribution in [0.1, 0.15) is 299 Å². The monoisotopic (exact) mass is 1810 g/mol. The van der Waals surface area contributed by atoms with Gasteiger partial charge in [-0.05, 0) is 207 Å². The lowest BCUT2D eigenvalue weighted by atomic mass is 10.0. The molecule has 0 spiro atoms. The molecule has 0 amide bonds. The van der Waals surface area contributed by atoms with E-state index in [0.717, 1.165) is 92.6 Å². The fourth-order valence-electron chi connectivity index (χ4n) is 12.0. The molecular formula is C113H146O19. The highest BCUT2D eigenvalue weighted by Gasteiger charge is 2.11. The normalized spacial score (nSPS) is 9.70. The predicted octanol–water partition coefficient (Wildman–Crippen LogP) is 28.1. The van der Waals surface area contributed by atoms with Gasteiger partial charge in [-0.3, -0.25) is 43.2 Å². The predicted molar refractivity (Wildman–Crippen MR) is 538 cm³/mol. The summed E-state index contributed by atoms with van der Waals surface area (Å²) in [6, 6.07) is 71.3. The second-order valence-corrected chi connectivity index (χ2v) is 30.3. The zero-order valence-corrected chi connectivity index (χ0v) is 82.3. The summed E-state index contributed by atoms with van der Waals surface area (Å²) >= 11 is 0. The van der Waals surface area contributed by atoms with Gasteiger partial charge in [0.1, 0.15) is 47.0 Å². The molecule has 0 atom stereocenters. The number of Topliss-reactive ketones (excluding diaryl/α,β-unsaturated/α-hetero) is 8. The molecule has 0 bridgehead atoms. The quantitative estimate of drug-likeness (QED) is 0.0197. The van der Waals surface area contributed by atoms with Crippen LogP contribution >= 0.6 is 0 Å². The van der Waals surface area contributed by atoms with Gasteiger partial charge in [-0.15, -0.1) is 0 Å². The highest BCUT2D eigenvalue weighted by molar-refractivity contribution is 6.07. The molecule has 10 aromatic carbocycles. The minimum atomic E-state index is -0.0687. The molecule has 0 saturated carbocycles. The number of hydrogen-bond donors (Lipinski definition) is 0. The van der Waals surface area contributed by atoms with Gasteiger partial charge in [0.25, 0.3) is 0 Å². The Labute approximate surface area is 787 Å². The molecule has 0 fully saturated rings. The lowest BCUT2D eigenvalue weighted by Crippen LogP contribution is -2.02. The first-order chi connectivity index (χ1) is 63.4. The number of aryl methyl sites for hydroxylation is 1. The highest BCUT2D eigenvalue weighted by atomic mass is 16.5. The molecule has 10 rings (SSSR count). The summed E-state index contributed by atoms with van der Waals surface area (Å²) in [6.45, 7) is 25.2. The summed E-state index contributed by atoms with van der Waals surface area (Å²) in [6.07, 6.45) is 29.8. The van der Waals surface area contributed by atoms with E-state index in [0.29, 0.717) is 38.9 Å². The molecule has 10 aromatic rings. The number of benzene rings is 10. The Morgan fingerprint density at radius 2 is 0.500 bits per heavy atom. The van der Waals surface area contributed by atoms with E-state index < -0.39 is 0 Å². The third kappa shape index (κ3) is 54.4. The van der Waals surface area contributed by atoms with Crippen molar-refractivity contribution in [1.29, 1.82) is 0 Å². The second-order valence-electron chi connectivity index (χ2n) is 30.3. The molecule has 0 radical (unpaired) electrons. The van der Waals surface area contributed by atoms with E-state index in [4.69, 9.17) is 47.4 Å². The van der Waals surface area contributed by atoms with E-state index >= 15 is 0 Å². The first kappa shape index (κ1) is 119. The second kappa shape index (κ2) is 74.6. The Balaban J connectivity index is 0.00000146. The topological polar surface area (TPSA) is 254 Å². The van der Waals surface area contributed by atoms with Gasteiger partial charge in [-0.2, -0.15) is 0 Å². The molecule has 0 unspecified atom stereocenters. The Hall–Kier alpha value is -13.2. The van der Waals surface area contributed by atoms with Crippen LogP contribution in [0.3, 0.4) is 0 Å². The molecule has 0 aliphatic rings. The number of para-hydroxylation sites is 2. The number of hydrogen-bond acceptors (Lipinski definition) is 19. The van der Waals surface area contributed by atoms with Crippen molar-refractivity contribution in [2.45, 2.75) is 212 Å². The minimum absolute atomic E-state index is 0.0186. The minimum Gasteiger partial charge on any atom is -0.497 e. The number of ketones is 9. The Kier molecular flexibility index (Phi) is 67.2. The van der Waals surface area contributed by atoms with Gasteiger partial charge in [0.2, 0.25) is 0 Å². The molecule has 132 heavy (non-hydrogen) atoms. The number of ether oxygens (including phenoxy) is 9. The van der Waals surface area contributed by atoms with Crippen molar-refractivity contribution in [3.63, 3.8) is 0 Å². The average Bonchev–Trinajstić information content (AvgIpc) is 0.846. The zero-order valence-electron chi connectivity index (χ0n) is 82.3. The standard InChI is InChI=1S/C22H34O2.C15H14O2.C11H24.3C10H10O2.C9H12O2.C9H10O2.2C8H10O2.CH2O/c1-3-4-5-6-7-8-9-10-11-12-19-24-22-17-15-21(16-18-22)14-13-20(2)23;1-11(16)12-3-5-13(6-4-12)14-7-9-15(17-2)10-8-14;1-3-5-7-9-11-10-8-6-4-2;2*1-7(11)9-3-5-10(6-4-9)8(2)12;1-7(11)9-5-3-4-6-10(9)8(2)12;1-7-6-8(10-2)4-5-9(7)11-3;1-7(10)8-3-5-9(11-2)6-4-8;1-9-7-3-5-8(10-2)6-4-7;1-9-7-5-3-4-6-8(7)10-2;1-2/h13-18H,3-12,19H2,1-2H3;3-10H,1-2H3;3-11H2,1-2H3;3*3-6H,1-2H3;4-6H,1-3H3;3-6H,1-2H3;2*3-6H,1-2H3;1H2/b14-13+;;;;;;;;;;. The summed E-state index contributed by atoms with van der Waals surface area (Å²) < 4.78 is 45.9. The van der Waals surface area contributed by atoms with Crippen LogP contribution in [-0.4, -0.2) is 122 Å². The van der Waals surface area contributed by atoms with Crippen molar-refractivity contribution in [2.24, 2.45) is 0 Å². The molecule has 0 heterocycles. The first-order valence-electron chi connectivity index (χ1n) is 44.9. The van der Waals surface area contributed by atoms with Crippen molar-refractivity contribution in [2.75, 3.05) is 63.5 Å². The van der Waals surface area contributed by atoms with Gasteiger partial charge < -0.3 is 47.4 Å². The third-order valence-electron chi connectivity index (χ3n) is 19.8. The van der Waals surface area contributed by atoms with Crippen molar-refractivity contribution in [3.8, 4) is 62.9 Å². The fourth-order valence-corrected chi connectivity index (χ4v) is 12.0. The average molecular weight is 1810 g/mol. The SMILES string of the molecule is C=O.CC(=O)c1ccc(C(C)=O)cc1.CC(=O)c1ccc(C(C)=O)cc1.CC(=O)c1ccccc1C(C)=O.CCCCCCCCCCC.CCCCCCCCCCCCOc1ccc(/C=C/C(C)=O)cc1.COc1ccc(-c2ccc(C(C)=O)cc2)cc1.COc1ccc(C(C)=O)cc1.COc1ccc(OC)c(C)c1.COc1ccc(OC)cc1.COc1ccccc1OC. The largest absolute Gasteiger partial charge is 0.497 e. The van der Waals surface area contributed by atoms with Crippen LogP contribution in [0.15, 0.2) is 243 Å². The van der Waals surface area contributed by atoms with Gasteiger partial charge in [0.05, 0.1) is 63.5 Å². The molecule has 19 nitrogen and oxygen atoms in total. The first-order valence-corrected chi connectivity index (χ1v) is 44.9. The van der Waals surface area contributed by atoms with E-state index in [9.17, 15) is 43.2 Å². The molecule has 0 aliphatic carbocycles. The molecule has 0 N–H and O–H groups in total. The van der Waals surface area contributed by atoms with Crippen molar-refractivity contribution >= 4 is 64.9 Å². The Morgan fingerprint density at radius 3 is 0.765 bits per heavy atom. The lowest BCUT2D eigenvalue weighted by Gasteiger charge is -2.06. The van der Waals surface area contributed by atoms with Crippen molar-refractivity contribution < 1.29 is 90.6 Å². The zero-order chi connectivity index (χ0) is 98.8. The van der Waals surface area contributed by atoms with E-state index in [2.05, 4.69) is 20.8 Å². The molecule has 0 aromatic heterocycles. The van der Waals surface area contributed by atoms with Crippen molar-refractivity contribution in [3.05, 3.63) is 298 Å². The van der Waals surface area contributed by atoms with E-state index in [1.165, 1.54) is 157 Å². The van der Waals surface area contributed by atoms with E-state index in [-0.39, 0.29) is 52.0 Å². The summed E-state index contributed by atoms with van der Waals surface area (Å²) in [4.78, 5) is 106. The van der Waals surface area contributed by atoms with Crippen LogP contribution < -0.4 is 42.6 Å². The smallest absolute Gasteiger partial charge is 0.160 e. The summed E-state index contributed by atoms with van der Waals surface area (Å²) in [5, 5.41) is 0. The van der Waals surface area contributed by atoms with Crippen LogP contribution in [-0.2, 0) is 9.59 Å². The molecule has 712 valence electrons.